The summed E-state index contributed by atoms with van der Waals surface area (Å²) < 4.78 is 18.1. The largest absolute Gasteiger partial charge is 0.465 e. The van der Waals surface area contributed by atoms with E-state index in [1.54, 1.807) is 30.0 Å². The lowest BCUT2D eigenvalue weighted by Gasteiger charge is -2.26. The number of allylic oxidation sites excluding steroid dienone is 1. The van der Waals surface area contributed by atoms with Gasteiger partial charge in [0.05, 0.1) is 24.3 Å². The van der Waals surface area contributed by atoms with Crippen molar-refractivity contribution in [2.75, 3.05) is 7.11 Å². The van der Waals surface area contributed by atoms with Crippen LogP contribution >= 0.6 is 0 Å². The Hall–Kier alpha value is -3.21. The maximum atomic E-state index is 13.2. The maximum absolute atomic E-state index is 13.2. The van der Waals surface area contributed by atoms with Gasteiger partial charge in [-0.3, -0.25) is 4.79 Å². The Morgan fingerprint density at radius 2 is 1.74 bits per heavy atom. The highest BCUT2D eigenvalue weighted by Gasteiger charge is 2.39. The van der Waals surface area contributed by atoms with E-state index in [9.17, 15) is 14.0 Å². The molecule has 27 heavy (non-hydrogen) atoms. The van der Waals surface area contributed by atoms with Crippen LogP contribution in [-0.2, 0) is 14.3 Å². The zero-order chi connectivity index (χ0) is 19.6. The summed E-state index contributed by atoms with van der Waals surface area (Å²) in [6.45, 7) is 3.64. The normalized spacial score (nSPS) is 16.8. The predicted octanol–water partition coefficient (Wildman–Crippen LogP) is 4.26. The molecule has 0 unspecified atom stereocenters. The summed E-state index contributed by atoms with van der Waals surface area (Å²) >= 11 is 0. The Labute approximate surface area is 157 Å². The molecule has 2 aromatic rings. The number of amides is 1. The van der Waals surface area contributed by atoms with Gasteiger partial charge in [-0.15, -0.1) is 0 Å². The third-order valence-corrected chi connectivity index (χ3v) is 4.68. The monoisotopic (exact) mass is 365 g/mol. The van der Waals surface area contributed by atoms with Crippen LogP contribution in [0, 0.1) is 5.82 Å². The van der Waals surface area contributed by atoms with Gasteiger partial charge in [0, 0.05) is 5.70 Å². The van der Waals surface area contributed by atoms with Crippen molar-refractivity contribution >= 4 is 18.0 Å². The van der Waals surface area contributed by atoms with Gasteiger partial charge in [0.15, 0.2) is 0 Å². The summed E-state index contributed by atoms with van der Waals surface area (Å²) in [5.41, 5.74) is 2.60. The van der Waals surface area contributed by atoms with Crippen LogP contribution in [0.25, 0.3) is 6.08 Å². The second kappa shape index (κ2) is 7.58. The molecule has 5 heteroatoms. The Balaban J connectivity index is 2.08. The van der Waals surface area contributed by atoms with E-state index in [-0.39, 0.29) is 28.9 Å². The number of methoxy groups -OCH3 is 1. The summed E-state index contributed by atoms with van der Waals surface area (Å²) in [7, 11) is 1.28. The number of carbonyl (C=O) groups is 2. The average Bonchev–Trinajstić information content (AvgIpc) is 2.93. The quantitative estimate of drug-likeness (QED) is 0.601. The number of ether oxygens (including phenoxy) is 1. The first-order valence-electron chi connectivity index (χ1n) is 8.59. The van der Waals surface area contributed by atoms with Crippen LogP contribution in [0.15, 0.2) is 71.4 Å². The topological polar surface area (TPSA) is 46.6 Å². The van der Waals surface area contributed by atoms with Crippen molar-refractivity contribution in [3.05, 3.63) is 88.4 Å². The van der Waals surface area contributed by atoms with Gasteiger partial charge in [-0.25, -0.2) is 9.18 Å². The van der Waals surface area contributed by atoms with E-state index in [1.165, 1.54) is 19.2 Å². The lowest BCUT2D eigenvalue weighted by atomic mass is 10.0. The first kappa shape index (κ1) is 18.6. The first-order chi connectivity index (χ1) is 12.9. The standard InChI is InChI=1S/C22H20FNO3/c1-14(17-7-5-4-6-8-17)24-15(2)20(22(26)27-3)19(21(24)25)13-16-9-11-18(23)12-10-16/h4-14H,1-3H3/b19-13+/t14-/m1/s1. The minimum atomic E-state index is -0.572. The number of nitrogens with zero attached hydrogens (tertiary/aromatic N) is 1. The fourth-order valence-corrected chi connectivity index (χ4v) is 3.27. The molecular weight excluding hydrogens is 345 g/mol. The van der Waals surface area contributed by atoms with Crippen molar-refractivity contribution in [1.82, 2.24) is 4.90 Å². The van der Waals surface area contributed by atoms with Crippen LogP contribution in [0.2, 0.25) is 0 Å². The van der Waals surface area contributed by atoms with Crippen molar-refractivity contribution < 1.29 is 18.7 Å². The smallest absolute Gasteiger partial charge is 0.340 e. The Morgan fingerprint density at radius 3 is 2.33 bits per heavy atom. The van der Waals surface area contributed by atoms with E-state index >= 15 is 0 Å². The van der Waals surface area contributed by atoms with Crippen LogP contribution in [0.3, 0.4) is 0 Å². The minimum absolute atomic E-state index is 0.231. The minimum Gasteiger partial charge on any atom is -0.465 e. The second-order valence-corrected chi connectivity index (χ2v) is 6.32. The molecular formula is C22H20FNO3. The fraction of sp³-hybridized carbons (Fsp3) is 0.182. The summed E-state index contributed by atoms with van der Waals surface area (Å²) in [4.78, 5) is 27.1. The van der Waals surface area contributed by atoms with Crippen LogP contribution in [0.1, 0.15) is 31.0 Å². The molecule has 1 heterocycles. The van der Waals surface area contributed by atoms with Gasteiger partial charge < -0.3 is 9.64 Å². The zero-order valence-electron chi connectivity index (χ0n) is 15.4. The molecule has 1 atom stereocenters. The molecule has 138 valence electrons. The number of hydrogen-bond acceptors (Lipinski definition) is 3. The van der Waals surface area contributed by atoms with E-state index < -0.39 is 5.97 Å². The van der Waals surface area contributed by atoms with Crippen LogP contribution < -0.4 is 0 Å². The fourth-order valence-electron chi connectivity index (χ4n) is 3.27. The highest BCUT2D eigenvalue weighted by molar-refractivity contribution is 6.16. The van der Waals surface area contributed by atoms with E-state index in [1.807, 2.05) is 37.3 Å². The number of rotatable bonds is 4. The Morgan fingerprint density at radius 1 is 1.11 bits per heavy atom. The molecule has 0 fully saturated rings. The molecule has 1 aliphatic rings. The number of hydrogen-bond donors (Lipinski definition) is 0. The number of halogens is 1. The molecule has 1 amide bonds. The lowest BCUT2D eigenvalue weighted by molar-refractivity contribution is -0.136. The molecule has 0 saturated heterocycles. The summed E-state index contributed by atoms with van der Waals surface area (Å²) in [6, 6.07) is 15.1. The van der Waals surface area contributed by atoms with E-state index in [4.69, 9.17) is 4.74 Å². The van der Waals surface area contributed by atoms with Gasteiger partial charge in [0.25, 0.3) is 5.91 Å². The maximum Gasteiger partial charge on any atom is 0.340 e. The van der Waals surface area contributed by atoms with E-state index in [0.29, 0.717) is 11.3 Å². The third kappa shape index (κ3) is 3.53. The van der Waals surface area contributed by atoms with E-state index in [2.05, 4.69) is 0 Å². The van der Waals surface area contributed by atoms with Crippen LogP contribution in [-0.4, -0.2) is 23.9 Å². The molecule has 0 aliphatic carbocycles. The van der Waals surface area contributed by atoms with Gasteiger partial charge in [0.2, 0.25) is 0 Å². The number of carbonyl (C=O) groups excluding carboxylic acids is 2. The number of benzene rings is 2. The zero-order valence-corrected chi connectivity index (χ0v) is 15.4. The molecule has 0 saturated carbocycles. The van der Waals surface area contributed by atoms with Gasteiger partial charge in [-0.05, 0) is 43.2 Å². The van der Waals surface area contributed by atoms with E-state index in [0.717, 1.165) is 5.56 Å². The van der Waals surface area contributed by atoms with Crippen molar-refractivity contribution in [3.8, 4) is 0 Å². The Kier molecular flexibility index (Phi) is 5.21. The van der Waals surface area contributed by atoms with Crippen LogP contribution in [0.5, 0.6) is 0 Å². The van der Waals surface area contributed by atoms with Crippen molar-refractivity contribution in [2.45, 2.75) is 19.9 Å². The highest BCUT2D eigenvalue weighted by atomic mass is 19.1. The Bertz CT molecular complexity index is 930. The van der Waals surface area contributed by atoms with Crippen LogP contribution in [0.4, 0.5) is 4.39 Å². The molecule has 0 bridgehead atoms. The lowest BCUT2D eigenvalue weighted by Crippen LogP contribution is -2.28. The third-order valence-electron chi connectivity index (χ3n) is 4.68. The van der Waals surface area contributed by atoms with Crippen molar-refractivity contribution in [1.29, 1.82) is 0 Å². The van der Waals surface area contributed by atoms with Crippen molar-refractivity contribution in [2.24, 2.45) is 0 Å². The SMILES string of the molecule is COC(=O)C1=C(C)N([C@H](C)c2ccccc2)C(=O)/C1=C/c1ccc(F)cc1. The molecule has 3 rings (SSSR count). The molecule has 4 nitrogen and oxygen atoms in total. The van der Waals surface area contributed by atoms with Crippen molar-refractivity contribution in [3.63, 3.8) is 0 Å². The van der Waals surface area contributed by atoms with Gasteiger partial charge in [-0.1, -0.05) is 42.5 Å². The average molecular weight is 365 g/mol. The van der Waals surface area contributed by atoms with Gasteiger partial charge in [0.1, 0.15) is 5.82 Å². The number of esters is 1. The summed E-state index contributed by atoms with van der Waals surface area (Å²) in [5, 5.41) is 0. The first-order valence-corrected chi connectivity index (χ1v) is 8.59. The molecule has 0 aromatic heterocycles. The molecule has 2 aromatic carbocycles. The second-order valence-electron chi connectivity index (χ2n) is 6.32. The summed E-state index contributed by atoms with van der Waals surface area (Å²) in [6.07, 6.45) is 1.59. The van der Waals surface area contributed by atoms with Gasteiger partial charge >= 0.3 is 5.97 Å². The molecule has 0 radical (unpaired) electrons. The highest BCUT2D eigenvalue weighted by Crippen LogP contribution is 2.37. The molecule has 0 N–H and O–H groups in total. The predicted molar refractivity (Wildman–Crippen MR) is 101 cm³/mol. The van der Waals surface area contributed by atoms with Gasteiger partial charge in [-0.2, -0.15) is 0 Å². The summed E-state index contributed by atoms with van der Waals surface area (Å²) in [5.74, 6) is -1.22. The molecule has 1 aliphatic heterocycles. The molecule has 0 spiro atoms.